The number of rotatable bonds is 3. The van der Waals surface area contributed by atoms with Crippen molar-refractivity contribution in [1.82, 2.24) is 0 Å². The number of aliphatic imine (C=N–C) groups is 1. The zero-order valence-corrected chi connectivity index (χ0v) is 18.6. The molecule has 2 aliphatic carbocycles. The molecule has 0 spiro atoms. The van der Waals surface area contributed by atoms with Crippen molar-refractivity contribution in [1.29, 1.82) is 0 Å². The maximum Gasteiger partial charge on any atom is 0.0609 e. The normalized spacial score (nSPS) is 27.8. The van der Waals surface area contributed by atoms with Gasteiger partial charge < -0.3 is 0 Å². The Labute approximate surface area is 172 Å². The van der Waals surface area contributed by atoms with E-state index in [1.807, 2.05) is 0 Å². The molecule has 0 radical (unpaired) electrons. The van der Waals surface area contributed by atoms with Gasteiger partial charge in [-0.05, 0) is 71.4 Å². The smallest absolute Gasteiger partial charge is 0.0609 e. The molecule has 4 rings (SSSR count). The number of hydrogen-bond donors (Lipinski definition) is 0. The fourth-order valence-electron chi connectivity index (χ4n) is 3.92. The molecule has 28 heavy (non-hydrogen) atoms. The van der Waals surface area contributed by atoms with Crippen LogP contribution in [0.1, 0.15) is 60.8 Å². The van der Waals surface area contributed by atoms with Gasteiger partial charge in [0.05, 0.1) is 5.71 Å². The molecule has 2 aliphatic heterocycles. The average Bonchev–Trinajstić information content (AvgIpc) is 2.65. The third-order valence-electron chi connectivity index (χ3n) is 5.77. The van der Waals surface area contributed by atoms with Gasteiger partial charge in [-0.2, -0.15) is 0 Å². The van der Waals surface area contributed by atoms with Gasteiger partial charge in [0, 0.05) is 12.5 Å². The van der Waals surface area contributed by atoms with Gasteiger partial charge in [0.1, 0.15) is 0 Å². The highest BCUT2D eigenvalue weighted by molar-refractivity contribution is 6.09. The van der Waals surface area contributed by atoms with E-state index in [4.69, 9.17) is 4.99 Å². The summed E-state index contributed by atoms with van der Waals surface area (Å²) in [4.78, 5) is 4.79. The third kappa shape index (κ3) is 5.92. The molecule has 0 amide bonds. The zero-order chi connectivity index (χ0) is 20.5. The van der Waals surface area contributed by atoms with Crippen LogP contribution in [0.3, 0.4) is 0 Å². The van der Waals surface area contributed by atoms with Gasteiger partial charge in [-0.25, -0.2) is 0 Å². The molecule has 0 N–H and O–H groups in total. The van der Waals surface area contributed by atoms with Gasteiger partial charge in [0.15, 0.2) is 0 Å². The Morgan fingerprint density at radius 2 is 2.04 bits per heavy atom. The van der Waals surface area contributed by atoms with E-state index in [1.165, 1.54) is 33.6 Å². The molecule has 0 saturated carbocycles. The lowest BCUT2D eigenvalue weighted by Gasteiger charge is -2.34. The molecule has 0 aromatic heterocycles. The molecule has 2 atom stereocenters. The Morgan fingerprint density at radius 3 is 2.71 bits per heavy atom. The topological polar surface area (TPSA) is 12.4 Å². The van der Waals surface area contributed by atoms with E-state index in [9.17, 15) is 0 Å². The van der Waals surface area contributed by atoms with E-state index in [0.717, 1.165) is 25.8 Å². The summed E-state index contributed by atoms with van der Waals surface area (Å²) in [5.74, 6) is 1.10. The van der Waals surface area contributed by atoms with Gasteiger partial charge in [0.25, 0.3) is 0 Å². The third-order valence-corrected chi connectivity index (χ3v) is 5.77. The van der Waals surface area contributed by atoms with E-state index < -0.39 is 0 Å². The monoisotopic (exact) mass is 375 g/mol. The predicted octanol–water partition coefficient (Wildman–Crippen LogP) is 7.72. The van der Waals surface area contributed by atoms with Gasteiger partial charge >= 0.3 is 0 Å². The fraction of sp³-hybridized carbons (Fsp3) is 0.444. The summed E-state index contributed by atoms with van der Waals surface area (Å²) in [5, 5.41) is 0. The van der Waals surface area contributed by atoms with Crippen LogP contribution in [-0.4, -0.2) is 12.3 Å². The Morgan fingerprint density at radius 1 is 1.25 bits per heavy atom. The quantitative estimate of drug-likeness (QED) is 0.353. The molecule has 150 valence electrons. The average molecular weight is 376 g/mol. The maximum atomic E-state index is 4.79. The highest BCUT2D eigenvalue weighted by Crippen LogP contribution is 2.39. The van der Waals surface area contributed by atoms with Crippen LogP contribution in [0.5, 0.6) is 0 Å². The van der Waals surface area contributed by atoms with Gasteiger partial charge in [-0.3, -0.25) is 4.99 Å². The Bertz CT molecular complexity index is 790. The highest BCUT2D eigenvalue weighted by atomic mass is 14.7. The minimum Gasteiger partial charge on any atom is -0.285 e. The minimum absolute atomic E-state index is 0.538. The van der Waals surface area contributed by atoms with Crippen LogP contribution in [0.15, 0.2) is 87.5 Å². The summed E-state index contributed by atoms with van der Waals surface area (Å²) in [6.45, 7) is 13.8. The SMILES string of the molecule is C/C=C(C)\C=C(\C)CC.CC=CC1/C2=C\C=C/C(=NCC2)C2=CC(C)=CCC21. The largest absolute Gasteiger partial charge is 0.285 e. The summed E-state index contributed by atoms with van der Waals surface area (Å²) < 4.78 is 0. The van der Waals surface area contributed by atoms with Crippen LogP contribution in [-0.2, 0) is 0 Å². The molecule has 0 saturated heterocycles. The van der Waals surface area contributed by atoms with Crippen molar-refractivity contribution in [3.63, 3.8) is 0 Å². The van der Waals surface area contributed by atoms with E-state index in [0.29, 0.717) is 11.8 Å². The van der Waals surface area contributed by atoms with E-state index in [2.05, 4.69) is 96.2 Å². The van der Waals surface area contributed by atoms with Crippen LogP contribution in [0.2, 0.25) is 0 Å². The van der Waals surface area contributed by atoms with Crippen LogP contribution in [0.25, 0.3) is 0 Å². The van der Waals surface area contributed by atoms with Crippen molar-refractivity contribution in [3.05, 3.63) is 82.5 Å². The summed E-state index contributed by atoms with van der Waals surface area (Å²) >= 11 is 0. The molecule has 0 aromatic carbocycles. The first kappa shape index (κ1) is 22.1. The number of fused-ring (bicyclic) bond motifs is 3. The molecule has 1 nitrogen and oxygen atoms in total. The molecular weight excluding hydrogens is 338 g/mol. The lowest BCUT2D eigenvalue weighted by molar-refractivity contribution is 0.501. The molecule has 2 heterocycles. The van der Waals surface area contributed by atoms with E-state index in [1.54, 1.807) is 0 Å². The second-order valence-corrected chi connectivity index (χ2v) is 7.94. The van der Waals surface area contributed by atoms with Crippen LogP contribution < -0.4 is 0 Å². The Balaban J connectivity index is 0.000000266. The summed E-state index contributed by atoms with van der Waals surface area (Å²) in [7, 11) is 0. The van der Waals surface area contributed by atoms with Crippen molar-refractivity contribution in [2.75, 3.05) is 6.54 Å². The molecule has 2 unspecified atom stereocenters. The first-order chi connectivity index (χ1) is 13.5. The van der Waals surface area contributed by atoms with E-state index >= 15 is 0 Å². The molecule has 4 aliphatic rings. The first-order valence-corrected chi connectivity index (χ1v) is 10.7. The number of allylic oxidation sites excluding steroid dienone is 13. The molecule has 0 fully saturated rings. The molecule has 1 heteroatoms. The summed E-state index contributed by atoms with van der Waals surface area (Å²) in [6, 6.07) is 0. The van der Waals surface area contributed by atoms with Crippen molar-refractivity contribution in [2.24, 2.45) is 16.8 Å². The maximum absolute atomic E-state index is 4.79. The Kier molecular flexibility index (Phi) is 8.70. The van der Waals surface area contributed by atoms with Crippen molar-refractivity contribution in [3.8, 4) is 0 Å². The van der Waals surface area contributed by atoms with Crippen LogP contribution in [0.4, 0.5) is 0 Å². The molecule has 0 aromatic rings. The summed E-state index contributed by atoms with van der Waals surface area (Å²) in [6.07, 6.45) is 23.7. The second kappa shape index (κ2) is 11.0. The van der Waals surface area contributed by atoms with Crippen LogP contribution >= 0.6 is 0 Å². The van der Waals surface area contributed by atoms with Gasteiger partial charge in [-0.1, -0.05) is 77.8 Å². The lowest BCUT2D eigenvalue weighted by atomic mass is 9.72. The van der Waals surface area contributed by atoms with Crippen LogP contribution in [0, 0.1) is 11.8 Å². The lowest BCUT2D eigenvalue weighted by Crippen LogP contribution is -2.26. The highest BCUT2D eigenvalue weighted by Gasteiger charge is 2.30. The standard InChI is InChI=1S/C18H21N.C9H16/c1-3-5-15-14-6-4-7-18(19-11-10-14)17-12-13(2)8-9-16(15)17;1-5-8(3)7-9(4)6-2/h3-8,12,15-16H,9-11H2,1-2H3;5,7H,6H2,1-4H3/b5-3?,7-4-,14-6-,19-18?;8-5-,9-7-. The number of nitrogens with zero attached hydrogens (tertiary/aromatic N) is 1. The molecule has 2 bridgehead atoms. The second-order valence-electron chi connectivity index (χ2n) is 7.94. The first-order valence-electron chi connectivity index (χ1n) is 10.7. The fourth-order valence-corrected chi connectivity index (χ4v) is 3.92. The Hall–Kier alpha value is -2.15. The minimum atomic E-state index is 0.538. The molecular formula is C27H37N. The van der Waals surface area contributed by atoms with E-state index in [-0.39, 0.29) is 0 Å². The zero-order valence-electron chi connectivity index (χ0n) is 18.6. The van der Waals surface area contributed by atoms with Gasteiger partial charge in [0.2, 0.25) is 0 Å². The predicted molar refractivity (Wildman–Crippen MR) is 126 cm³/mol. The van der Waals surface area contributed by atoms with Crippen molar-refractivity contribution in [2.45, 2.75) is 60.8 Å². The van der Waals surface area contributed by atoms with Gasteiger partial charge in [-0.15, -0.1) is 0 Å². The van der Waals surface area contributed by atoms with Crippen molar-refractivity contribution >= 4 is 5.71 Å². The number of hydrogen-bond acceptors (Lipinski definition) is 1. The van der Waals surface area contributed by atoms with Crippen molar-refractivity contribution < 1.29 is 0 Å². The summed E-state index contributed by atoms with van der Waals surface area (Å²) in [5.41, 5.74) is 8.34.